The Balaban J connectivity index is 1.47. The molecule has 0 saturated heterocycles. The van der Waals surface area contributed by atoms with Gasteiger partial charge in [-0.3, -0.25) is 0 Å². The van der Waals surface area contributed by atoms with Crippen LogP contribution in [0.25, 0.3) is 11.0 Å². The maximum atomic E-state index is 12.1. The molecular weight excluding hydrogens is 418 g/mol. The predicted octanol–water partition coefficient (Wildman–Crippen LogP) is 5.56. The van der Waals surface area contributed by atoms with Gasteiger partial charge in [-0.25, -0.2) is 4.79 Å². The lowest BCUT2D eigenvalue weighted by atomic mass is 10.1. The number of benzene rings is 2. The number of aryl methyl sites for hydroxylation is 1. The number of halogens is 1. The minimum atomic E-state index is -0.357. The lowest BCUT2D eigenvalue weighted by Gasteiger charge is -2.11. The maximum absolute atomic E-state index is 12.1. The average Bonchev–Trinajstić information content (AvgIpc) is 3.50. The molecule has 7 heteroatoms. The maximum Gasteiger partial charge on any atom is 0.336 e. The van der Waals surface area contributed by atoms with Gasteiger partial charge in [0.2, 0.25) is 0 Å². The molecule has 2 aromatic carbocycles. The van der Waals surface area contributed by atoms with Gasteiger partial charge < -0.3 is 8.98 Å². The van der Waals surface area contributed by atoms with E-state index >= 15 is 0 Å². The molecule has 1 aliphatic rings. The zero-order valence-corrected chi connectivity index (χ0v) is 18.0. The van der Waals surface area contributed by atoms with Gasteiger partial charge in [0.25, 0.3) is 0 Å². The third-order valence-corrected chi connectivity index (χ3v) is 6.76. The molecule has 2 heterocycles. The summed E-state index contributed by atoms with van der Waals surface area (Å²) in [5.41, 5.74) is 3.19. The van der Waals surface area contributed by atoms with Crippen LogP contribution >= 0.6 is 23.4 Å². The third kappa shape index (κ3) is 3.89. The van der Waals surface area contributed by atoms with E-state index in [2.05, 4.69) is 26.9 Å². The summed E-state index contributed by atoms with van der Waals surface area (Å²) < 4.78 is 7.59. The molecule has 0 amide bonds. The first-order chi connectivity index (χ1) is 14.6. The molecule has 5 nitrogen and oxygen atoms in total. The summed E-state index contributed by atoms with van der Waals surface area (Å²) in [6, 6.07) is 15.6. The van der Waals surface area contributed by atoms with Crippen molar-refractivity contribution < 1.29 is 4.42 Å². The Morgan fingerprint density at radius 2 is 1.97 bits per heavy atom. The topological polar surface area (TPSA) is 60.9 Å². The molecule has 4 aromatic rings. The molecule has 0 unspecified atom stereocenters. The Bertz CT molecular complexity index is 1280. The Morgan fingerprint density at radius 1 is 1.17 bits per heavy atom. The Morgan fingerprint density at radius 3 is 2.73 bits per heavy atom. The second kappa shape index (κ2) is 7.93. The third-order valence-electron chi connectivity index (χ3n) is 5.34. The van der Waals surface area contributed by atoms with Gasteiger partial charge in [-0.05, 0) is 48.6 Å². The van der Waals surface area contributed by atoms with Gasteiger partial charge in [0.15, 0.2) is 5.16 Å². The highest BCUT2D eigenvalue weighted by Crippen LogP contribution is 2.40. The number of hydrogen-bond donors (Lipinski definition) is 0. The summed E-state index contributed by atoms with van der Waals surface area (Å²) >= 11 is 7.91. The normalized spacial score (nSPS) is 13.8. The summed E-state index contributed by atoms with van der Waals surface area (Å²) in [4.78, 5) is 12.1. The number of nitrogens with zero attached hydrogens (tertiary/aromatic N) is 3. The number of thioether (sulfide) groups is 1. The first-order valence-electron chi connectivity index (χ1n) is 9.91. The molecule has 0 aliphatic heterocycles. The summed E-state index contributed by atoms with van der Waals surface area (Å²) in [6.07, 6.45) is 2.33. The molecule has 0 spiro atoms. The predicted molar refractivity (Wildman–Crippen MR) is 119 cm³/mol. The van der Waals surface area contributed by atoms with Crippen LogP contribution in [-0.4, -0.2) is 14.8 Å². The standard InChI is InChI=1S/C23H20ClN3O2S/c1-14-9-20-18(11-19(14)24)17(10-21(28)29-20)13-30-23-26-25-22(16-7-8-16)27(23)12-15-5-3-2-4-6-15/h2-6,9-11,16H,7-8,12-13H2,1H3. The summed E-state index contributed by atoms with van der Waals surface area (Å²) in [5, 5.41) is 11.3. The second-order valence-electron chi connectivity index (χ2n) is 7.66. The summed E-state index contributed by atoms with van der Waals surface area (Å²) in [7, 11) is 0. The fraction of sp³-hybridized carbons (Fsp3) is 0.261. The quantitative estimate of drug-likeness (QED) is 0.291. The van der Waals surface area contributed by atoms with Gasteiger partial charge in [0, 0.05) is 28.1 Å². The zero-order valence-electron chi connectivity index (χ0n) is 16.5. The zero-order chi connectivity index (χ0) is 20.7. The highest BCUT2D eigenvalue weighted by Gasteiger charge is 2.30. The van der Waals surface area contributed by atoms with Crippen molar-refractivity contribution in [1.82, 2.24) is 14.8 Å². The van der Waals surface area contributed by atoms with Crippen LogP contribution in [0, 0.1) is 6.92 Å². The van der Waals surface area contributed by atoms with Crippen molar-refractivity contribution >= 4 is 34.3 Å². The fourth-order valence-corrected chi connectivity index (χ4v) is 4.67. The number of aromatic nitrogens is 3. The van der Waals surface area contributed by atoms with Crippen LogP contribution in [-0.2, 0) is 12.3 Å². The van der Waals surface area contributed by atoms with E-state index in [1.807, 2.05) is 37.3 Å². The molecule has 1 saturated carbocycles. The average molecular weight is 438 g/mol. The van der Waals surface area contributed by atoms with Crippen molar-refractivity contribution in [2.45, 2.75) is 43.1 Å². The van der Waals surface area contributed by atoms with Crippen LogP contribution in [0.3, 0.4) is 0 Å². The monoisotopic (exact) mass is 437 g/mol. The van der Waals surface area contributed by atoms with Crippen LogP contribution in [0.4, 0.5) is 0 Å². The smallest absolute Gasteiger partial charge is 0.336 e. The molecular formula is C23H20ClN3O2S. The first-order valence-corrected chi connectivity index (χ1v) is 11.3. The highest BCUT2D eigenvalue weighted by molar-refractivity contribution is 7.98. The van der Waals surface area contributed by atoms with Gasteiger partial charge in [-0.15, -0.1) is 10.2 Å². The van der Waals surface area contributed by atoms with Crippen molar-refractivity contribution in [3.05, 3.63) is 86.5 Å². The molecule has 5 rings (SSSR count). The fourth-order valence-electron chi connectivity index (χ4n) is 3.57. The van der Waals surface area contributed by atoms with Crippen molar-refractivity contribution in [2.24, 2.45) is 0 Å². The van der Waals surface area contributed by atoms with Crippen molar-refractivity contribution in [2.75, 3.05) is 0 Å². The van der Waals surface area contributed by atoms with Crippen LogP contribution in [0.5, 0.6) is 0 Å². The lowest BCUT2D eigenvalue weighted by Crippen LogP contribution is -2.06. The van der Waals surface area contributed by atoms with E-state index < -0.39 is 0 Å². The van der Waals surface area contributed by atoms with Gasteiger partial charge in [-0.1, -0.05) is 53.7 Å². The lowest BCUT2D eigenvalue weighted by molar-refractivity contribution is 0.559. The summed E-state index contributed by atoms with van der Waals surface area (Å²) in [5.74, 6) is 2.14. The molecule has 0 bridgehead atoms. The highest BCUT2D eigenvalue weighted by atomic mass is 35.5. The van der Waals surface area contributed by atoms with Crippen molar-refractivity contribution in [3.63, 3.8) is 0 Å². The van der Waals surface area contributed by atoms with Crippen LogP contribution in [0.15, 0.2) is 62.9 Å². The molecule has 1 fully saturated rings. The molecule has 0 radical (unpaired) electrons. The number of rotatable bonds is 6. The van der Waals surface area contributed by atoms with E-state index in [1.165, 1.54) is 18.4 Å². The first kappa shape index (κ1) is 19.4. The molecule has 1 aliphatic carbocycles. The van der Waals surface area contributed by atoms with Crippen molar-refractivity contribution in [1.29, 1.82) is 0 Å². The summed E-state index contributed by atoms with van der Waals surface area (Å²) in [6.45, 7) is 2.64. The van der Waals surface area contributed by atoms with Gasteiger partial charge in [-0.2, -0.15) is 0 Å². The molecule has 0 N–H and O–H groups in total. The van der Waals surface area contributed by atoms with E-state index in [1.54, 1.807) is 17.8 Å². The Labute approximate surface area is 183 Å². The van der Waals surface area contributed by atoms with Crippen LogP contribution < -0.4 is 5.63 Å². The molecule has 152 valence electrons. The Kier molecular flexibility index (Phi) is 5.13. The van der Waals surface area contributed by atoms with Crippen LogP contribution in [0.1, 0.15) is 41.3 Å². The van der Waals surface area contributed by atoms with Crippen LogP contribution in [0.2, 0.25) is 5.02 Å². The minimum Gasteiger partial charge on any atom is -0.423 e. The number of fused-ring (bicyclic) bond motifs is 1. The minimum absolute atomic E-state index is 0.357. The second-order valence-corrected chi connectivity index (χ2v) is 9.01. The van der Waals surface area contributed by atoms with Crippen molar-refractivity contribution in [3.8, 4) is 0 Å². The van der Waals surface area contributed by atoms with E-state index in [9.17, 15) is 4.79 Å². The molecule has 30 heavy (non-hydrogen) atoms. The SMILES string of the molecule is Cc1cc2oc(=O)cc(CSc3nnc(C4CC4)n3Cc3ccccc3)c2cc1Cl. The van der Waals surface area contributed by atoms with Gasteiger partial charge in [0.1, 0.15) is 11.4 Å². The molecule has 2 aromatic heterocycles. The van der Waals surface area contributed by atoms with Gasteiger partial charge >= 0.3 is 5.63 Å². The number of hydrogen-bond acceptors (Lipinski definition) is 5. The van der Waals surface area contributed by atoms with Gasteiger partial charge in [0.05, 0.1) is 6.54 Å². The van der Waals surface area contributed by atoms with E-state index in [-0.39, 0.29) is 5.63 Å². The van der Waals surface area contributed by atoms with E-state index in [4.69, 9.17) is 16.0 Å². The Hall–Kier alpha value is -2.57. The van der Waals surface area contributed by atoms with E-state index in [0.29, 0.717) is 22.3 Å². The largest absolute Gasteiger partial charge is 0.423 e. The van der Waals surface area contributed by atoms with E-state index in [0.717, 1.165) is 34.0 Å². The molecule has 0 atom stereocenters.